The highest BCUT2D eigenvalue weighted by molar-refractivity contribution is 5.97. The first-order valence-corrected chi connectivity index (χ1v) is 7.07. The van der Waals surface area contributed by atoms with Gasteiger partial charge in [0.15, 0.2) is 0 Å². The lowest BCUT2D eigenvalue weighted by molar-refractivity contribution is -0.139. The first-order valence-electron chi connectivity index (χ1n) is 7.07. The number of carbonyl (C=O) groups excluding carboxylic acids is 2. The minimum Gasteiger partial charge on any atom is -0.480 e. The predicted octanol–water partition coefficient (Wildman–Crippen LogP) is 0.400. The summed E-state index contributed by atoms with van der Waals surface area (Å²) >= 11 is 0. The molecule has 8 heteroatoms. The van der Waals surface area contributed by atoms with Crippen molar-refractivity contribution in [3.05, 3.63) is 35.3 Å². The van der Waals surface area contributed by atoms with Crippen LogP contribution in [0.1, 0.15) is 34.6 Å². The highest BCUT2D eigenvalue weighted by Crippen LogP contribution is 2.14. The number of amides is 2. The zero-order chi connectivity index (χ0) is 17.1. The summed E-state index contributed by atoms with van der Waals surface area (Å²) in [4.78, 5) is 38.8. The lowest BCUT2D eigenvalue weighted by Gasteiger charge is -2.14. The van der Waals surface area contributed by atoms with Gasteiger partial charge in [-0.15, -0.1) is 0 Å². The van der Waals surface area contributed by atoms with E-state index >= 15 is 0 Å². The van der Waals surface area contributed by atoms with Gasteiger partial charge >= 0.3 is 5.97 Å². The van der Waals surface area contributed by atoms with Crippen LogP contribution in [-0.4, -0.2) is 38.3 Å². The molecule has 2 aromatic rings. The number of carboxylic acids is 1. The van der Waals surface area contributed by atoms with Crippen molar-refractivity contribution >= 4 is 23.4 Å². The molecule has 1 atom stereocenters. The largest absolute Gasteiger partial charge is 0.480 e. The Balaban J connectivity index is 2.27. The van der Waals surface area contributed by atoms with E-state index in [1.165, 1.54) is 0 Å². The van der Waals surface area contributed by atoms with Crippen molar-refractivity contribution in [1.82, 2.24) is 14.7 Å². The average Bonchev–Trinajstić information content (AvgIpc) is 2.77. The van der Waals surface area contributed by atoms with Crippen molar-refractivity contribution in [2.75, 3.05) is 0 Å². The normalized spacial score (nSPS) is 12.1. The summed E-state index contributed by atoms with van der Waals surface area (Å²) in [5.41, 5.74) is 7.39. The Morgan fingerprint density at radius 2 is 2.09 bits per heavy atom. The van der Waals surface area contributed by atoms with E-state index in [9.17, 15) is 14.4 Å². The quantitative estimate of drug-likeness (QED) is 0.710. The third kappa shape index (κ3) is 3.65. The van der Waals surface area contributed by atoms with Crippen LogP contribution in [0.2, 0.25) is 0 Å². The third-order valence-electron chi connectivity index (χ3n) is 3.45. The third-order valence-corrected chi connectivity index (χ3v) is 3.45. The SMILES string of the molecule is Cc1ccn2c(C(=O)NC(CCC(N)=O)C(=O)O)c(C)nc2c1. The summed E-state index contributed by atoms with van der Waals surface area (Å²) in [7, 11) is 0. The van der Waals surface area contributed by atoms with Crippen LogP contribution in [0.3, 0.4) is 0 Å². The molecule has 122 valence electrons. The van der Waals surface area contributed by atoms with Gasteiger partial charge in [0.2, 0.25) is 5.91 Å². The molecule has 0 aliphatic heterocycles. The van der Waals surface area contributed by atoms with Gasteiger partial charge in [-0.05, 0) is 38.0 Å². The maximum Gasteiger partial charge on any atom is 0.326 e. The number of nitrogens with zero attached hydrogens (tertiary/aromatic N) is 2. The Morgan fingerprint density at radius 1 is 1.39 bits per heavy atom. The molecule has 0 spiro atoms. The number of hydrogen-bond donors (Lipinski definition) is 3. The minimum atomic E-state index is -1.22. The Morgan fingerprint density at radius 3 is 2.70 bits per heavy atom. The molecule has 8 nitrogen and oxygen atoms in total. The summed E-state index contributed by atoms with van der Waals surface area (Å²) in [5.74, 6) is -2.40. The van der Waals surface area contributed by atoms with Crippen LogP contribution in [0, 0.1) is 13.8 Å². The van der Waals surface area contributed by atoms with E-state index in [0.717, 1.165) is 5.56 Å². The number of aromatic nitrogens is 2. The second kappa shape index (κ2) is 6.47. The van der Waals surface area contributed by atoms with E-state index in [1.54, 1.807) is 17.5 Å². The van der Waals surface area contributed by atoms with Crippen LogP contribution in [0.15, 0.2) is 18.3 Å². The number of carboxylic acid groups (broad SMARTS) is 1. The molecular formula is C15H18N4O4. The smallest absolute Gasteiger partial charge is 0.326 e. The van der Waals surface area contributed by atoms with E-state index in [2.05, 4.69) is 10.3 Å². The molecule has 0 aliphatic rings. The van der Waals surface area contributed by atoms with Gasteiger partial charge in [0.05, 0.1) is 5.69 Å². The average molecular weight is 318 g/mol. The van der Waals surface area contributed by atoms with Gasteiger partial charge in [-0.1, -0.05) is 0 Å². The molecule has 0 saturated heterocycles. The highest BCUT2D eigenvalue weighted by atomic mass is 16.4. The number of rotatable bonds is 6. The van der Waals surface area contributed by atoms with Crippen molar-refractivity contribution in [2.24, 2.45) is 5.73 Å². The number of pyridine rings is 1. The number of nitrogens with one attached hydrogen (secondary N) is 1. The van der Waals surface area contributed by atoms with Crippen molar-refractivity contribution in [1.29, 1.82) is 0 Å². The van der Waals surface area contributed by atoms with E-state index in [0.29, 0.717) is 11.3 Å². The van der Waals surface area contributed by atoms with E-state index in [-0.39, 0.29) is 18.5 Å². The molecule has 23 heavy (non-hydrogen) atoms. The van der Waals surface area contributed by atoms with Crippen LogP contribution >= 0.6 is 0 Å². The first-order chi connectivity index (χ1) is 10.8. The van der Waals surface area contributed by atoms with E-state index in [4.69, 9.17) is 10.8 Å². The molecule has 2 aromatic heterocycles. The summed E-state index contributed by atoms with van der Waals surface area (Å²) in [6.45, 7) is 3.59. The van der Waals surface area contributed by atoms with E-state index in [1.807, 2.05) is 19.1 Å². The van der Waals surface area contributed by atoms with Gasteiger partial charge in [0, 0.05) is 12.6 Å². The number of aliphatic carboxylic acids is 1. The van der Waals surface area contributed by atoms with Gasteiger partial charge < -0.3 is 16.2 Å². The fraction of sp³-hybridized carbons (Fsp3) is 0.333. The number of nitrogens with two attached hydrogens (primary N) is 1. The molecule has 0 aromatic carbocycles. The number of imidazole rings is 1. The number of fused-ring (bicyclic) bond motifs is 1. The summed E-state index contributed by atoms with van der Waals surface area (Å²) in [5, 5.41) is 11.6. The maximum atomic E-state index is 12.4. The zero-order valence-electron chi connectivity index (χ0n) is 12.9. The van der Waals surface area contributed by atoms with Crippen molar-refractivity contribution in [3.63, 3.8) is 0 Å². The molecule has 0 bridgehead atoms. The molecule has 0 aliphatic carbocycles. The topological polar surface area (TPSA) is 127 Å². The monoisotopic (exact) mass is 318 g/mol. The van der Waals surface area contributed by atoms with Crippen LogP contribution in [0.5, 0.6) is 0 Å². The Labute approximate surface area is 132 Å². The van der Waals surface area contributed by atoms with Gasteiger partial charge in [-0.3, -0.25) is 14.0 Å². The zero-order valence-corrected chi connectivity index (χ0v) is 12.9. The van der Waals surface area contributed by atoms with Crippen molar-refractivity contribution in [3.8, 4) is 0 Å². The number of primary amides is 1. The van der Waals surface area contributed by atoms with Crippen molar-refractivity contribution < 1.29 is 19.5 Å². The van der Waals surface area contributed by atoms with Gasteiger partial charge in [-0.25, -0.2) is 9.78 Å². The standard InChI is InChI=1S/C15H18N4O4/c1-8-5-6-19-12(7-8)17-9(2)13(19)14(21)18-10(15(22)23)3-4-11(16)20/h5-7,10H,3-4H2,1-2H3,(H2,16,20)(H,18,21)(H,22,23). The van der Waals surface area contributed by atoms with Crippen LogP contribution < -0.4 is 11.1 Å². The van der Waals surface area contributed by atoms with Crippen LogP contribution in [-0.2, 0) is 9.59 Å². The summed E-state index contributed by atoms with van der Waals surface area (Å²) in [6.07, 6.45) is 1.52. The predicted molar refractivity (Wildman–Crippen MR) is 82.0 cm³/mol. The van der Waals surface area contributed by atoms with Crippen molar-refractivity contribution in [2.45, 2.75) is 32.7 Å². The number of hydrogen-bond acceptors (Lipinski definition) is 4. The lowest BCUT2D eigenvalue weighted by Crippen LogP contribution is -2.42. The Bertz CT molecular complexity index is 781. The minimum absolute atomic E-state index is 0.0642. The van der Waals surface area contributed by atoms with E-state index < -0.39 is 23.8 Å². The fourth-order valence-electron chi connectivity index (χ4n) is 2.31. The molecule has 0 saturated carbocycles. The second-order valence-corrected chi connectivity index (χ2v) is 5.35. The maximum absolute atomic E-state index is 12.4. The fourth-order valence-corrected chi connectivity index (χ4v) is 2.31. The molecule has 0 radical (unpaired) electrons. The molecule has 1 unspecified atom stereocenters. The molecule has 2 heterocycles. The van der Waals surface area contributed by atoms with Gasteiger partial charge in [0.1, 0.15) is 17.4 Å². The summed E-state index contributed by atoms with van der Waals surface area (Å²) < 4.78 is 1.60. The van der Waals surface area contributed by atoms with Gasteiger partial charge in [0.25, 0.3) is 5.91 Å². The molecule has 2 amide bonds. The Hall–Kier alpha value is -2.90. The molecule has 0 fully saturated rings. The number of carbonyl (C=O) groups is 3. The summed E-state index contributed by atoms with van der Waals surface area (Å²) in [6, 6.07) is 2.46. The number of aryl methyl sites for hydroxylation is 2. The molecular weight excluding hydrogens is 300 g/mol. The lowest BCUT2D eigenvalue weighted by atomic mass is 10.1. The van der Waals surface area contributed by atoms with Crippen LogP contribution in [0.25, 0.3) is 5.65 Å². The highest BCUT2D eigenvalue weighted by Gasteiger charge is 2.24. The second-order valence-electron chi connectivity index (χ2n) is 5.35. The first kappa shape index (κ1) is 16.5. The Kier molecular flexibility index (Phi) is 4.63. The van der Waals surface area contributed by atoms with Crippen LogP contribution in [0.4, 0.5) is 0 Å². The molecule has 2 rings (SSSR count). The van der Waals surface area contributed by atoms with Gasteiger partial charge in [-0.2, -0.15) is 0 Å². The molecule has 4 N–H and O–H groups in total.